The summed E-state index contributed by atoms with van der Waals surface area (Å²) in [5.41, 5.74) is 10.3. The van der Waals surface area contributed by atoms with E-state index in [9.17, 15) is 0 Å². The van der Waals surface area contributed by atoms with E-state index in [1.807, 2.05) is 6.07 Å². The monoisotopic (exact) mass is 363 g/mol. The van der Waals surface area contributed by atoms with Crippen LogP contribution < -0.4 is 5.32 Å². The second-order valence-corrected chi connectivity index (χ2v) is 8.00. The predicted molar refractivity (Wildman–Crippen MR) is 121 cm³/mol. The number of hydrogen-bond acceptors (Lipinski definition) is 1. The summed E-state index contributed by atoms with van der Waals surface area (Å²) in [6.07, 6.45) is 0. The Bertz CT molecular complexity index is 1140. The summed E-state index contributed by atoms with van der Waals surface area (Å²) in [5, 5.41) is 3.58. The molecule has 1 aliphatic carbocycles. The first kappa shape index (κ1) is 16.8. The van der Waals surface area contributed by atoms with Crippen molar-refractivity contribution in [1.82, 2.24) is 0 Å². The summed E-state index contributed by atoms with van der Waals surface area (Å²) in [7, 11) is 0. The summed E-state index contributed by atoms with van der Waals surface area (Å²) in [5.74, 6) is 0. The van der Waals surface area contributed by atoms with Gasteiger partial charge in [0.1, 0.15) is 0 Å². The van der Waals surface area contributed by atoms with Crippen LogP contribution in [0.15, 0.2) is 97.1 Å². The number of rotatable bonds is 3. The van der Waals surface area contributed by atoms with Crippen LogP contribution in [0.4, 0.5) is 11.4 Å². The van der Waals surface area contributed by atoms with E-state index in [1.54, 1.807) is 0 Å². The van der Waals surface area contributed by atoms with Crippen molar-refractivity contribution < 1.29 is 1.43 Å². The Balaban J connectivity index is 0.00000205. The average Bonchev–Trinajstić information content (AvgIpc) is 2.97. The molecule has 4 aromatic rings. The van der Waals surface area contributed by atoms with Gasteiger partial charge in [0.15, 0.2) is 0 Å². The molecule has 0 aromatic heterocycles. The fourth-order valence-corrected chi connectivity index (χ4v) is 4.33. The third-order valence-corrected chi connectivity index (χ3v) is 5.86. The molecule has 4 aromatic carbocycles. The van der Waals surface area contributed by atoms with Crippen LogP contribution in [0.2, 0.25) is 0 Å². The van der Waals surface area contributed by atoms with Gasteiger partial charge in [-0.2, -0.15) is 0 Å². The third-order valence-electron chi connectivity index (χ3n) is 5.86. The van der Waals surface area contributed by atoms with Crippen LogP contribution in [0.5, 0.6) is 0 Å². The fourth-order valence-electron chi connectivity index (χ4n) is 4.33. The zero-order valence-electron chi connectivity index (χ0n) is 16.2. The van der Waals surface area contributed by atoms with Crippen LogP contribution in [0.1, 0.15) is 26.4 Å². The zero-order valence-corrected chi connectivity index (χ0v) is 16.2. The van der Waals surface area contributed by atoms with Crippen molar-refractivity contribution in [2.24, 2.45) is 0 Å². The van der Waals surface area contributed by atoms with Gasteiger partial charge in [-0.1, -0.05) is 86.6 Å². The highest BCUT2D eigenvalue weighted by molar-refractivity contribution is 5.83. The van der Waals surface area contributed by atoms with E-state index in [2.05, 4.69) is 110 Å². The molecule has 28 heavy (non-hydrogen) atoms. The highest BCUT2D eigenvalue weighted by atomic mass is 14.9. The number of hydrogen-bond donors (Lipinski definition) is 1. The Morgan fingerprint density at radius 3 is 1.96 bits per heavy atom. The minimum atomic E-state index is 0. The van der Waals surface area contributed by atoms with E-state index < -0.39 is 0 Å². The highest BCUT2D eigenvalue weighted by Crippen LogP contribution is 2.49. The first-order chi connectivity index (χ1) is 13.6. The lowest BCUT2D eigenvalue weighted by Crippen LogP contribution is -2.15. The lowest BCUT2D eigenvalue weighted by Gasteiger charge is -2.22. The number of nitrogens with one attached hydrogen (secondary N) is 1. The molecule has 1 nitrogen and oxygen atoms in total. The lowest BCUT2D eigenvalue weighted by molar-refractivity contribution is 0.660. The molecule has 138 valence electrons. The second-order valence-electron chi connectivity index (χ2n) is 8.00. The fraction of sp³-hybridized carbons (Fsp3) is 0.111. The molecule has 5 rings (SSSR count). The Morgan fingerprint density at radius 1 is 0.571 bits per heavy atom. The van der Waals surface area contributed by atoms with Crippen LogP contribution in [-0.2, 0) is 5.41 Å². The van der Waals surface area contributed by atoms with Gasteiger partial charge in [0.05, 0.1) is 0 Å². The van der Waals surface area contributed by atoms with Gasteiger partial charge >= 0.3 is 0 Å². The van der Waals surface area contributed by atoms with Crippen molar-refractivity contribution in [3.05, 3.63) is 108 Å². The molecular weight excluding hydrogens is 338 g/mol. The van der Waals surface area contributed by atoms with Gasteiger partial charge in [-0.25, -0.2) is 0 Å². The predicted octanol–water partition coefficient (Wildman–Crippen LogP) is 7.65. The molecule has 1 aliphatic rings. The van der Waals surface area contributed by atoms with Crippen molar-refractivity contribution in [3.63, 3.8) is 0 Å². The maximum Gasteiger partial charge on any atom is 0.0387 e. The minimum absolute atomic E-state index is 0. The molecule has 0 spiro atoms. The van der Waals surface area contributed by atoms with E-state index in [1.165, 1.54) is 33.4 Å². The molecule has 1 N–H and O–H groups in total. The molecule has 0 heterocycles. The van der Waals surface area contributed by atoms with Crippen molar-refractivity contribution in [3.8, 4) is 22.3 Å². The molecule has 0 unspecified atom stereocenters. The van der Waals surface area contributed by atoms with Crippen LogP contribution in [0.25, 0.3) is 22.3 Å². The van der Waals surface area contributed by atoms with Crippen LogP contribution in [-0.4, -0.2) is 0 Å². The first-order valence-corrected chi connectivity index (χ1v) is 9.80. The molecular formula is C27H25N. The summed E-state index contributed by atoms with van der Waals surface area (Å²) >= 11 is 0. The summed E-state index contributed by atoms with van der Waals surface area (Å²) in [6, 6.07) is 34.6. The van der Waals surface area contributed by atoms with Gasteiger partial charge < -0.3 is 5.32 Å². The van der Waals surface area contributed by atoms with Gasteiger partial charge in [-0.05, 0) is 57.6 Å². The molecule has 0 fully saturated rings. The average molecular weight is 364 g/mol. The van der Waals surface area contributed by atoms with Gasteiger partial charge in [-0.3, -0.25) is 0 Å². The van der Waals surface area contributed by atoms with Gasteiger partial charge in [-0.15, -0.1) is 0 Å². The summed E-state index contributed by atoms with van der Waals surface area (Å²) < 4.78 is 0. The summed E-state index contributed by atoms with van der Waals surface area (Å²) in [6.45, 7) is 4.63. The quantitative estimate of drug-likeness (QED) is 0.394. The Morgan fingerprint density at radius 2 is 1.18 bits per heavy atom. The van der Waals surface area contributed by atoms with Crippen molar-refractivity contribution in [2.45, 2.75) is 19.3 Å². The minimum Gasteiger partial charge on any atom is -0.356 e. The van der Waals surface area contributed by atoms with Crippen LogP contribution in [0, 0.1) is 0 Å². The molecule has 0 saturated carbocycles. The number of anilines is 2. The van der Waals surface area contributed by atoms with Crippen molar-refractivity contribution in [1.29, 1.82) is 0 Å². The molecule has 0 atom stereocenters. The van der Waals surface area contributed by atoms with E-state index in [0.29, 0.717) is 0 Å². The van der Waals surface area contributed by atoms with Crippen LogP contribution >= 0.6 is 0 Å². The maximum atomic E-state index is 3.58. The van der Waals surface area contributed by atoms with E-state index in [-0.39, 0.29) is 6.84 Å². The Hall–Kier alpha value is -3.32. The zero-order chi connectivity index (χ0) is 19.1. The molecule has 0 saturated heterocycles. The summed E-state index contributed by atoms with van der Waals surface area (Å²) in [4.78, 5) is 0. The van der Waals surface area contributed by atoms with E-state index >= 15 is 0 Å². The SMILES string of the molecule is CC1(C)c2ccccc2-c2ccc(Nc3ccc(-c4ccccc4)cc3)cc21.[HH]. The smallest absolute Gasteiger partial charge is 0.0387 e. The number of fused-ring (bicyclic) bond motifs is 3. The first-order valence-electron chi connectivity index (χ1n) is 9.80. The molecule has 0 aliphatic heterocycles. The largest absolute Gasteiger partial charge is 0.356 e. The highest BCUT2D eigenvalue weighted by Gasteiger charge is 2.35. The molecule has 1 heteroatoms. The van der Waals surface area contributed by atoms with Gasteiger partial charge in [0.2, 0.25) is 0 Å². The molecule has 0 radical (unpaired) electrons. The van der Waals surface area contributed by atoms with Gasteiger partial charge in [0.25, 0.3) is 0 Å². The normalized spacial score (nSPS) is 13.6. The second kappa shape index (κ2) is 6.38. The number of benzene rings is 4. The Labute approximate surface area is 168 Å². The Kier molecular flexibility index (Phi) is 3.84. The van der Waals surface area contributed by atoms with E-state index in [0.717, 1.165) is 11.4 Å². The van der Waals surface area contributed by atoms with Crippen molar-refractivity contribution in [2.75, 3.05) is 5.32 Å². The molecule has 0 bridgehead atoms. The third kappa shape index (κ3) is 2.71. The van der Waals surface area contributed by atoms with Crippen LogP contribution in [0.3, 0.4) is 0 Å². The standard InChI is InChI=1S/C27H23N.H2/c1-27(2)25-11-7-6-10-23(25)24-17-16-22(18-26(24)27)28-21-14-12-20(13-15-21)19-8-4-3-5-9-19;/h3-18,28H,1-2H3;1H. The van der Waals surface area contributed by atoms with E-state index in [4.69, 9.17) is 0 Å². The lowest BCUT2D eigenvalue weighted by atomic mass is 9.82. The van der Waals surface area contributed by atoms with Crippen molar-refractivity contribution >= 4 is 11.4 Å². The van der Waals surface area contributed by atoms with Gasteiger partial charge in [0, 0.05) is 18.2 Å². The maximum absolute atomic E-state index is 3.58. The molecule has 0 amide bonds. The topological polar surface area (TPSA) is 12.0 Å².